The number of methoxy groups -OCH3 is 1. The largest absolute Gasteiger partial charge is 0.497 e. The third kappa shape index (κ3) is 2.82. The summed E-state index contributed by atoms with van der Waals surface area (Å²) in [5.74, 6) is -0.389. The van der Waals surface area contributed by atoms with Crippen LogP contribution in [0.1, 0.15) is 46.0 Å². The Morgan fingerprint density at radius 2 is 1.89 bits per heavy atom. The number of carbonyl (C=O) groups excluding carboxylic acids is 1. The number of carboxylic acid groups (broad SMARTS) is 1. The summed E-state index contributed by atoms with van der Waals surface area (Å²) in [5.41, 5.74) is 8.91. The molecule has 0 amide bonds. The number of aromatic carboxylic acids is 1. The highest BCUT2D eigenvalue weighted by molar-refractivity contribution is 7.21. The molecule has 3 aromatic rings. The van der Waals surface area contributed by atoms with Gasteiger partial charge in [0.05, 0.1) is 18.5 Å². The number of pyridine rings is 1. The predicted octanol–water partition coefficient (Wildman–Crippen LogP) is 4.41. The number of hydrogen-bond acceptors (Lipinski definition) is 6. The van der Waals surface area contributed by atoms with Crippen LogP contribution in [0.2, 0.25) is 0 Å². The fraction of sp³-hybridized carbons (Fsp3) is 0.286. The quantitative estimate of drug-likeness (QED) is 0.680. The molecule has 3 N–H and O–H groups in total. The van der Waals surface area contributed by atoms with Crippen molar-refractivity contribution in [2.45, 2.75) is 26.7 Å². The molecule has 0 bridgehead atoms. The van der Waals surface area contributed by atoms with Crippen molar-refractivity contribution in [3.05, 3.63) is 40.4 Å². The van der Waals surface area contributed by atoms with Crippen molar-refractivity contribution in [3.63, 3.8) is 0 Å². The molecular formula is C21H20N2O4S. The van der Waals surface area contributed by atoms with E-state index < -0.39 is 5.97 Å². The Hall–Kier alpha value is -2.93. The van der Waals surface area contributed by atoms with Gasteiger partial charge in [0.15, 0.2) is 5.78 Å². The molecule has 0 saturated heterocycles. The highest BCUT2D eigenvalue weighted by atomic mass is 32.1. The average Bonchev–Trinajstić information content (AvgIpc) is 2.95. The molecule has 1 aliphatic rings. The fourth-order valence-electron chi connectivity index (χ4n) is 3.87. The molecule has 0 spiro atoms. The van der Waals surface area contributed by atoms with Crippen molar-refractivity contribution in [2.75, 3.05) is 12.8 Å². The highest BCUT2D eigenvalue weighted by Gasteiger charge is 2.36. The van der Waals surface area contributed by atoms with E-state index in [1.54, 1.807) is 7.11 Å². The van der Waals surface area contributed by atoms with E-state index in [1.807, 2.05) is 38.1 Å². The number of nitrogen functional groups attached to an aromatic ring is 1. The number of ether oxygens (including phenoxy) is 1. The summed E-state index contributed by atoms with van der Waals surface area (Å²) in [7, 11) is 1.59. The lowest BCUT2D eigenvalue weighted by molar-refractivity contribution is 0.0703. The van der Waals surface area contributed by atoms with Gasteiger partial charge >= 0.3 is 5.97 Å². The number of Topliss-reactive ketones (excluding diaryl/α,β-unsaturated/α-hetero) is 1. The Morgan fingerprint density at radius 1 is 1.21 bits per heavy atom. The lowest BCUT2D eigenvalue weighted by Gasteiger charge is -2.31. The van der Waals surface area contributed by atoms with Crippen LogP contribution in [0.4, 0.5) is 5.69 Å². The van der Waals surface area contributed by atoms with E-state index in [1.165, 1.54) is 0 Å². The van der Waals surface area contributed by atoms with Crippen LogP contribution in [-0.4, -0.2) is 29.0 Å². The number of hydrogen-bond donors (Lipinski definition) is 2. The third-order valence-electron chi connectivity index (χ3n) is 5.09. The van der Waals surface area contributed by atoms with E-state index in [9.17, 15) is 14.7 Å². The number of carboxylic acids is 1. The van der Waals surface area contributed by atoms with Crippen LogP contribution in [0, 0.1) is 5.41 Å². The van der Waals surface area contributed by atoms with Crippen LogP contribution in [0.3, 0.4) is 0 Å². The van der Waals surface area contributed by atoms with Gasteiger partial charge in [-0.1, -0.05) is 26.0 Å². The lowest BCUT2D eigenvalue weighted by atomic mass is 9.73. The van der Waals surface area contributed by atoms with Crippen LogP contribution in [0.15, 0.2) is 24.3 Å². The van der Waals surface area contributed by atoms with Gasteiger partial charge in [-0.2, -0.15) is 0 Å². The normalized spacial score (nSPS) is 15.5. The summed E-state index contributed by atoms with van der Waals surface area (Å²) < 4.78 is 5.23. The first-order valence-electron chi connectivity index (χ1n) is 8.87. The van der Waals surface area contributed by atoms with E-state index in [-0.39, 0.29) is 21.8 Å². The van der Waals surface area contributed by atoms with Gasteiger partial charge in [-0.15, -0.1) is 11.3 Å². The fourth-order valence-corrected chi connectivity index (χ4v) is 4.83. The smallest absolute Gasteiger partial charge is 0.348 e. The van der Waals surface area contributed by atoms with Crippen molar-refractivity contribution < 1.29 is 19.4 Å². The Bertz CT molecular complexity index is 1130. The van der Waals surface area contributed by atoms with E-state index in [0.717, 1.165) is 16.9 Å². The van der Waals surface area contributed by atoms with E-state index in [2.05, 4.69) is 4.98 Å². The minimum atomic E-state index is -1.09. The van der Waals surface area contributed by atoms with E-state index in [4.69, 9.17) is 10.5 Å². The van der Waals surface area contributed by atoms with Crippen molar-refractivity contribution in [1.82, 2.24) is 4.98 Å². The molecule has 7 heteroatoms. The number of nitrogens with two attached hydrogens (primary N) is 1. The summed E-state index contributed by atoms with van der Waals surface area (Å²) in [6, 6.07) is 7.34. The molecule has 0 unspecified atom stereocenters. The van der Waals surface area contributed by atoms with Crippen LogP contribution >= 0.6 is 11.3 Å². The van der Waals surface area contributed by atoms with Crippen molar-refractivity contribution in [3.8, 4) is 16.9 Å². The number of carbonyl (C=O) groups is 2. The first-order valence-corrected chi connectivity index (χ1v) is 9.69. The van der Waals surface area contributed by atoms with Crippen LogP contribution in [-0.2, 0) is 6.42 Å². The maximum absolute atomic E-state index is 13.1. The van der Waals surface area contributed by atoms with Crippen LogP contribution in [0.25, 0.3) is 21.3 Å². The first-order chi connectivity index (χ1) is 13.2. The molecule has 0 fully saturated rings. The summed E-state index contributed by atoms with van der Waals surface area (Å²) in [5, 5.41) is 10.1. The first kappa shape index (κ1) is 18.4. The van der Waals surface area contributed by atoms with E-state index in [0.29, 0.717) is 45.6 Å². The minimum Gasteiger partial charge on any atom is -0.497 e. The van der Waals surface area contributed by atoms with Crippen molar-refractivity contribution in [1.29, 1.82) is 0 Å². The second kappa shape index (κ2) is 6.31. The third-order valence-corrected chi connectivity index (χ3v) is 6.18. The maximum atomic E-state index is 13.1. The molecule has 0 saturated carbocycles. The standard InChI is InChI=1S/C21H20N2O4S/c1-21(2)8-12-15(13(24)9-21)14(10-4-6-11(27-3)7-5-10)16-17(22)18(20(25)26)28-19(16)23-12/h4-7H,8-9,22H2,1-3H3,(H,25,26). The van der Waals surface area contributed by atoms with Gasteiger partial charge in [0.25, 0.3) is 0 Å². The number of benzene rings is 1. The summed E-state index contributed by atoms with van der Waals surface area (Å²) >= 11 is 1.05. The molecule has 0 aliphatic heterocycles. The molecule has 1 aliphatic carbocycles. The van der Waals surface area contributed by atoms with Crippen LogP contribution in [0.5, 0.6) is 5.75 Å². The number of rotatable bonds is 3. The lowest BCUT2D eigenvalue weighted by Crippen LogP contribution is -2.28. The van der Waals surface area contributed by atoms with Crippen LogP contribution < -0.4 is 10.5 Å². The van der Waals surface area contributed by atoms with E-state index >= 15 is 0 Å². The summed E-state index contributed by atoms with van der Waals surface area (Å²) in [6.07, 6.45) is 1.06. The topological polar surface area (TPSA) is 103 Å². The van der Waals surface area contributed by atoms with Gasteiger partial charge in [-0.05, 0) is 29.5 Å². The number of nitrogens with zero attached hydrogens (tertiary/aromatic N) is 1. The summed E-state index contributed by atoms with van der Waals surface area (Å²) in [6.45, 7) is 4.08. The number of anilines is 1. The molecule has 2 heterocycles. The van der Waals surface area contributed by atoms with Gasteiger partial charge in [-0.3, -0.25) is 4.79 Å². The van der Waals surface area contributed by atoms with Crippen molar-refractivity contribution >= 4 is 39.0 Å². The molecule has 2 aromatic heterocycles. The number of aromatic nitrogens is 1. The number of thiophene rings is 1. The minimum absolute atomic E-state index is 0.00828. The molecule has 4 rings (SSSR count). The Balaban J connectivity index is 2.10. The maximum Gasteiger partial charge on any atom is 0.348 e. The second-order valence-electron chi connectivity index (χ2n) is 7.81. The molecule has 28 heavy (non-hydrogen) atoms. The Morgan fingerprint density at radius 3 is 2.50 bits per heavy atom. The molecular weight excluding hydrogens is 376 g/mol. The van der Waals surface area contributed by atoms with Gasteiger partial charge in [0.1, 0.15) is 15.5 Å². The molecule has 1 aromatic carbocycles. The Labute approximate surface area is 166 Å². The molecule has 144 valence electrons. The monoisotopic (exact) mass is 396 g/mol. The summed E-state index contributed by atoms with van der Waals surface area (Å²) in [4.78, 5) is 30.0. The molecule has 0 radical (unpaired) electrons. The zero-order chi connectivity index (χ0) is 20.2. The zero-order valence-electron chi connectivity index (χ0n) is 15.8. The van der Waals surface area contributed by atoms with Gasteiger partial charge in [-0.25, -0.2) is 9.78 Å². The van der Waals surface area contributed by atoms with Gasteiger partial charge < -0.3 is 15.6 Å². The van der Waals surface area contributed by atoms with Crippen molar-refractivity contribution in [2.24, 2.45) is 5.41 Å². The Kier molecular flexibility index (Phi) is 4.15. The number of fused-ring (bicyclic) bond motifs is 2. The molecule has 0 atom stereocenters. The SMILES string of the molecule is COc1ccc(-c2c3c(nc4sc(C(=O)O)c(N)c24)CC(C)(C)CC3=O)cc1. The molecule has 6 nitrogen and oxygen atoms in total. The average molecular weight is 396 g/mol. The predicted molar refractivity (Wildman–Crippen MR) is 109 cm³/mol. The highest BCUT2D eigenvalue weighted by Crippen LogP contribution is 2.46. The van der Waals surface area contributed by atoms with Gasteiger partial charge in [0, 0.05) is 22.9 Å². The number of ketones is 1. The zero-order valence-corrected chi connectivity index (χ0v) is 16.6. The second-order valence-corrected chi connectivity index (χ2v) is 8.81. The van der Waals surface area contributed by atoms with Gasteiger partial charge in [0.2, 0.25) is 0 Å².